The lowest BCUT2D eigenvalue weighted by Gasteiger charge is -2.08. The Bertz CT molecular complexity index is 911. The molecule has 2 heterocycles. The molecule has 11 heteroatoms. The Morgan fingerprint density at radius 2 is 1.89 bits per heavy atom. The van der Waals surface area contributed by atoms with Crippen molar-refractivity contribution in [2.45, 2.75) is 6.18 Å². The van der Waals surface area contributed by atoms with E-state index in [1.54, 1.807) is 0 Å². The van der Waals surface area contributed by atoms with E-state index in [4.69, 9.17) is 39.5 Å². The molecule has 0 radical (unpaired) electrons. The zero-order valence-electron chi connectivity index (χ0n) is 13.2. The molecule has 2 aromatic heterocycles. The number of aromatic nitrogens is 2. The number of carbonyl (C=O) groups is 1. The van der Waals surface area contributed by atoms with E-state index in [0.717, 1.165) is 0 Å². The summed E-state index contributed by atoms with van der Waals surface area (Å²) in [5.41, 5.74) is -0.854. The van der Waals surface area contributed by atoms with Crippen molar-refractivity contribution in [3.05, 3.63) is 50.9 Å². The van der Waals surface area contributed by atoms with E-state index in [0.29, 0.717) is 12.1 Å². The van der Waals surface area contributed by atoms with Gasteiger partial charge in [0.05, 0.1) is 22.7 Å². The Morgan fingerprint density at radius 3 is 2.56 bits per heavy atom. The summed E-state index contributed by atoms with van der Waals surface area (Å²) in [6.07, 6.45) is -3.35. The van der Waals surface area contributed by atoms with Crippen molar-refractivity contribution in [1.29, 1.82) is 0 Å². The summed E-state index contributed by atoms with van der Waals surface area (Å²) in [6.45, 7) is -0.290. The van der Waals surface area contributed by atoms with E-state index in [2.05, 4.69) is 27.1 Å². The van der Waals surface area contributed by atoms with Crippen molar-refractivity contribution in [1.82, 2.24) is 15.3 Å². The average Bonchev–Trinajstić information content (AvgIpc) is 2.56. The van der Waals surface area contributed by atoms with Crippen LogP contribution in [0.1, 0.15) is 15.9 Å². The number of hydrogen-bond acceptors (Lipinski definition) is 4. The number of alkyl halides is 3. The van der Waals surface area contributed by atoms with Gasteiger partial charge in [-0.25, -0.2) is 9.97 Å². The molecular weight excluding hydrogens is 430 g/mol. The molecule has 0 aliphatic rings. The second kappa shape index (κ2) is 9.13. The minimum atomic E-state index is -4.57. The first-order valence-electron chi connectivity index (χ1n) is 7.09. The Hall–Kier alpha value is -2.21. The molecule has 0 atom stereocenters. The quantitative estimate of drug-likeness (QED) is 0.572. The van der Waals surface area contributed by atoms with E-state index < -0.39 is 17.6 Å². The number of hydrogen-bond donors (Lipinski definition) is 1. The molecule has 142 valence electrons. The van der Waals surface area contributed by atoms with Crippen LogP contribution in [-0.2, 0) is 6.18 Å². The fourth-order valence-corrected chi connectivity index (χ4v) is 2.38. The molecule has 0 saturated carbocycles. The van der Waals surface area contributed by atoms with Gasteiger partial charge in [0.2, 0.25) is 5.88 Å². The monoisotopic (exact) mass is 437 g/mol. The Balaban J connectivity index is 1.86. The van der Waals surface area contributed by atoms with Crippen LogP contribution in [0, 0.1) is 11.8 Å². The van der Waals surface area contributed by atoms with Gasteiger partial charge in [0, 0.05) is 12.3 Å². The second-order valence-corrected chi connectivity index (χ2v) is 6.01. The van der Waals surface area contributed by atoms with Gasteiger partial charge in [-0.15, -0.1) is 0 Å². The Kier molecular flexibility index (Phi) is 7.13. The number of ether oxygens (including phenoxy) is 1. The fraction of sp³-hybridized carbons (Fsp3) is 0.188. The molecule has 0 bridgehead atoms. The Morgan fingerprint density at radius 1 is 1.15 bits per heavy atom. The molecule has 0 unspecified atom stereocenters. The average molecular weight is 439 g/mol. The van der Waals surface area contributed by atoms with Gasteiger partial charge in [-0.2, -0.15) is 13.2 Å². The highest BCUT2D eigenvalue weighted by molar-refractivity contribution is 6.36. The lowest BCUT2D eigenvalue weighted by molar-refractivity contribution is -0.137. The zero-order chi connectivity index (χ0) is 20.0. The van der Waals surface area contributed by atoms with Gasteiger partial charge < -0.3 is 10.1 Å². The summed E-state index contributed by atoms with van der Waals surface area (Å²) >= 11 is 17.0. The predicted octanol–water partition coefficient (Wildman–Crippen LogP) is 4.27. The number of nitrogens with zero attached hydrogens (tertiary/aromatic N) is 2. The van der Waals surface area contributed by atoms with E-state index in [9.17, 15) is 18.0 Å². The highest BCUT2D eigenvalue weighted by Gasteiger charge is 2.31. The maximum Gasteiger partial charge on any atom is 0.416 e. The largest absolute Gasteiger partial charge is 0.464 e. The van der Waals surface area contributed by atoms with Crippen LogP contribution in [0.25, 0.3) is 0 Å². The van der Waals surface area contributed by atoms with Crippen LogP contribution in [0.15, 0.2) is 24.4 Å². The summed E-state index contributed by atoms with van der Waals surface area (Å²) in [6, 6.07) is 2.72. The Labute approximate surface area is 166 Å². The van der Waals surface area contributed by atoms with Crippen LogP contribution in [0.2, 0.25) is 15.3 Å². The minimum Gasteiger partial charge on any atom is -0.464 e. The zero-order valence-corrected chi connectivity index (χ0v) is 15.5. The molecule has 0 spiro atoms. The van der Waals surface area contributed by atoms with E-state index in [-0.39, 0.29) is 39.9 Å². The van der Waals surface area contributed by atoms with E-state index >= 15 is 0 Å². The molecule has 0 aliphatic carbocycles. The van der Waals surface area contributed by atoms with Crippen molar-refractivity contribution in [2.24, 2.45) is 0 Å². The van der Waals surface area contributed by atoms with Crippen LogP contribution in [0.5, 0.6) is 5.88 Å². The predicted molar refractivity (Wildman–Crippen MR) is 94.1 cm³/mol. The molecule has 0 saturated heterocycles. The number of amides is 1. The molecule has 5 nitrogen and oxygen atoms in total. The number of nitrogens with one attached hydrogen (secondary N) is 1. The number of carbonyl (C=O) groups excluding carboxylic acids is 1. The van der Waals surface area contributed by atoms with Crippen LogP contribution < -0.4 is 10.1 Å². The van der Waals surface area contributed by atoms with Crippen molar-refractivity contribution in [3.63, 3.8) is 0 Å². The highest BCUT2D eigenvalue weighted by atomic mass is 35.5. The summed E-state index contributed by atoms with van der Waals surface area (Å²) < 4.78 is 43.0. The lowest BCUT2D eigenvalue weighted by atomic mass is 10.2. The second-order valence-electron chi connectivity index (χ2n) is 4.83. The number of pyridine rings is 2. The lowest BCUT2D eigenvalue weighted by Crippen LogP contribution is -2.24. The van der Waals surface area contributed by atoms with Crippen LogP contribution in [0.4, 0.5) is 13.2 Å². The number of rotatable bonds is 4. The van der Waals surface area contributed by atoms with Gasteiger partial charge in [0.25, 0.3) is 5.91 Å². The number of halogens is 6. The third-order valence-corrected chi connectivity index (χ3v) is 3.63. The standard InChI is InChI=1S/C16H9Cl3F3N3O2/c17-11-7-12(18)24-8-10(11)15(26)23-3-1-2-4-27-14-6-9(16(20,21)22)5-13(19)25-14/h5-8H,3-4H2,(H,23,26). The van der Waals surface area contributed by atoms with Gasteiger partial charge in [0.1, 0.15) is 10.3 Å². The van der Waals surface area contributed by atoms with Gasteiger partial charge in [-0.05, 0) is 12.1 Å². The maximum atomic E-state index is 12.7. The van der Waals surface area contributed by atoms with E-state index in [1.165, 1.54) is 12.3 Å². The smallest absolute Gasteiger partial charge is 0.416 e. The van der Waals surface area contributed by atoms with Crippen molar-refractivity contribution in [3.8, 4) is 17.7 Å². The fourth-order valence-electron chi connectivity index (χ4n) is 1.73. The molecule has 0 fully saturated rings. The third kappa shape index (κ3) is 6.47. The van der Waals surface area contributed by atoms with Gasteiger partial charge in [-0.1, -0.05) is 46.6 Å². The highest BCUT2D eigenvalue weighted by Crippen LogP contribution is 2.32. The first-order chi connectivity index (χ1) is 12.7. The first kappa shape index (κ1) is 21.1. The molecular formula is C16H9Cl3F3N3O2. The van der Waals surface area contributed by atoms with Crippen LogP contribution in [0.3, 0.4) is 0 Å². The summed E-state index contributed by atoms with van der Waals surface area (Å²) in [4.78, 5) is 19.3. The van der Waals surface area contributed by atoms with Crippen molar-refractivity contribution in [2.75, 3.05) is 13.2 Å². The van der Waals surface area contributed by atoms with Gasteiger partial charge in [0.15, 0.2) is 6.61 Å². The van der Waals surface area contributed by atoms with Crippen LogP contribution >= 0.6 is 34.8 Å². The summed E-state index contributed by atoms with van der Waals surface area (Å²) in [5.74, 6) is 4.27. The molecule has 1 N–H and O–H groups in total. The molecule has 1 amide bonds. The maximum absolute atomic E-state index is 12.7. The summed E-state index contributed by atoms with van der Waals surface area (Å²) in [5, 5.41) is 2.41. The summed E-state index contributed by atoms with van der Waals surface area (Å²) in [7, 11) is 0. The molecule has 2 aromatic rings. The van der Waals surface area contributed by atoms with Gasteiger partial charge >= 0.3 is 6.18 Å². The third-order valence-electron chi connectivity index (χ3n) is 2.92. The molecule has 0 aromatic carbocycles. The van der Waals surface area contributed by atoms with Gasteiger partial charge in [-0.3, -0.25) is 4.79 Å². The van der Waals surface area contributed by atoms with Crippen molar-refractivity contribution < 1.29 is 22.7 Å². The van der Waals surface area contributed by atoms with Crippen molar-refractivity contribution >= 4 is 40.7 Å². The molecule has 2 rings (SSSR count). The van der Waals surface area contributed by atoms with E-state index in [1.807, 2.05) is 0 Å². The molecule has 27 heavy (non-hydrogen) atoms. The molecule has 0 aliphatic heterocycles. The topological polar surface area (TPSA) is 64.1 Å². The SMILES string of the molecule is O=C(NCC#CCOc1cc(C(F)(F)F)cc(Cl)n1)c1cnc(Cl)cc1Cl. The normalized spacial score (nSPS) is 10.7. The minimum absolute atomic E-state index is 0.0437. The van der Waals surface area contributed by atoms with Crippen LogP contribution in [-0.4, -0.2) is 29.0 Å². The first-order valence-corrected chi connectivity index (χ1v) is 8.23.